The van der Waals surface area contributed by atoms with Gasteiger partial charge in [0.25, 0.3) is 5.91 Å². The monoisotopic (exact) mass is 562 g/mol. The van der Waals surface area contributed by atoms with Crippen LogP contribution in [0.15, 0.2) is 12.1 Å². The average Bonchev–Trinajstić information content (AvgIpc) is 3.69. The van der Waals surface area contributed by atoms with E-state index in [0.717, 1.165) is 19.3 Å². The fourth-order valence-corrected chi connectivity index (χ4v) is 6.81. The zero-order valence-electron chi connectivity index (χ0n) is 21.4. The van der Waals surface area contributed by atoms with Crippen LogP contribution in [0.5, 0.6) is 5.75 Å². The van der Waals surface area contributed by atoms with Crippen molar-refractivity contribution in [2.24, 2.45) is 17.8 Å². The number of Topliss-reactive ketones (excluding diaryl/α,β-unsaturated/α-hetero) is 1. The second-order valence-electron chi connectivity index (χ2n) is 10.5. The Hall–Kier alpha value is -2.78. The van der Waals surface area contributed by atoms with Crippen molar-refractivity contribution in [3.63, 3.8) is 0 Å². The number of aromatic amines is 1. The van der Waals surface area contributed by atoms with Gasteiger partial charge in [-0.15, -0.1) is 0 Å². The molecule has 3 heterocycles. The number of aromatic nitrogens is 1. The van der Waals surface area contributed by atoms with Crippen molar-refractivity contribution >= 4 is 57.6 Å². The number of halogens is 2. The lowest BCUT2D eigenvalue weighted by Gasteiger charge is -2.29. The van der Waals surface area contributed by atoms with E-state index in [1.165, 1.54) is 7.11 Å². The molecule has 5 rings (SSSR count). The van der Waals surface area contributed by atoms with E-state index in [-0.39, 0.29) is 64.8 Å². The van der Waals surface area contributed by atoms with Crippen molar-refractivity contribution in [1.82, 2.24) is 20.5 Å². The van der Waals surface area contributed by atoms with Gasteiger partial charge in [0.2, 0.25) is 11.8 Å². The first-order chi connectivity index (χ1) is 18.2. The number of nitrogens with one attached hydrogen (secondary N) is 3. The summed E-state index contributed by atoms with van der Waals surface area (Å²) < 4.78 is 5.43. The summed E-state index contributed by atoms with van der Waals surface area (Å²) in [4.78, 5) is 57.2. The molecule has 0 radical (unpaired) electrons. The number of hydrogen-bond donors (Lipinski definition) is 3. The second-order valence-corrected chi connectivity index (χ2v) is 11.3. The van der Waals surface area contributed by atoms with Crippen molar-refractivity contribution in [3.05, 3.63) is 27.9 Å². The summed E-state index contributed by atoms with van der Waals surface area (Å²) in [6, 6.07) is 1.80. The minimum atomic E-state index is -0.767. The first kappa shape index (κ1) is 26.8. The molecule has 0 spiro atoms. The first-order valence-corrected chi connectivity index (χ1v) is 14.0. The van der Waals surface area contributed by atoms with Gasteiger partial charge in [-0.1, -0.05) is 36.5 Å². The van der Waals surface area contributed by atoms with Gasteiger partial charge in [0, 0.05) is 36.9 Å². The lowest BCUT2D eigenvalue weighted by molar-refractivity contribution is -0.132. The molecule has 204 valence electrons. The van der Waals surface area contributed by atoms with Crippen molar-refractivity contribution in [2.75, 3.05) is 20.2 Å². The molecular weight excluding hydrogens is 531 g/mol. The van der Waals surface area contributed by atoms with Crippen LogP contribution in [-0.2, 0) is 14.4 Å². The largest absolute Gasteiger partial charge is 0.496 e. The molecule has 1 saturated carbocycles. The number of ether oxygens (including phenoxy) is 1. The van der Waals surface area contributed by atoms with Gasteiger partial charge in [-0.2, -0.15) is 0 Å². The van der Waals surface area contributed by atoms with E-state index in [1.807, 2.05) is 0 Å². The lowest BCUT2D eigenvalue weighted by atomic mass is 9.91. The zero-order valence-corrected chi connectivity index (χ0v) is 23.0. The molecule has 2 saturated heterocycles. The summed E-state index contributed by atoms with van der Waals surface area (Å²) in [6.07, 6.45) is 3.93. The number of H-pyrrole nitrogens is 1. The van der Waals surface area contributed by atoms with Crippen LogP contribution in [0.25, 0.3) is 10.9 Å². The quantitative estimate of drug-likeness (QED) is 0.452. The first-order valence-electron chi connectivity index (χ1n) is 13.2. The van der Waals surface area contributed by atoms with Gasteiger partial charge in [0.15, 0.2) is 5.78 Å². The number of carbonyl (C=O) groups excluding carboxylic acids is 4. The minimum absolute atomic E-state index is 0.0167. The van der Waals surface area contributed by atoms with E-state index in [9.17, 15) is 19.2 Å². The Morgan fingerprint density at radius 3 is 2.68 bits per heavy atom. The van der Waals surface area contributed by atoms with E-state index < -0.39 is 12.1 Å². The molecule has 1 aromatic heterocycles. The number of amides is 3. The lowest BCUT2D eigenvalue weighted by Crippen LogP contribution is -2.53. The van der Waals surface area contributed by atoms with E-state index in [0.29, 0.717) is 41.2 Å². The Kier molecular flexibility index (Phi) is 7.60. The Labute approximate surface area is 230 Å². The summed E-state index contributed by atoms with van der Waals surface area (Å²) in [5.74, 6) is -0.467. The highest BCUT2D eigenvalue weighted by molar-refractivity contribution is 6.45. The van der Waals surface area contributed by atoms with Crippen LogP contribution in [-0.4, -0.2) is 65.7 Å². The Morgan fingerprint density at radius 2 is 2.00 bits per heavy atom. The molecule has 5 atom stereocenters. The summed E-state index contributed by atoms with van der Waals surface area (Å²) >= 11 is 12.6. The highest BCUT2D eigenvalue weighted by Crippen LogP contribution is 2.44. The summed E-state index contributed by atoms with van der Waals surface area (Å²) in [5.41, 5.74) is 0.771. The smallest absolute Gasteiger partial charge is 0.271 e. The number of nitrogens with zero attached hydrogens (tertiary/aromatic N) is 1. The molecule has 2 aromatic rings. The highest BCUT2D eigenvalue weighted by Gasteiger charge is 2.50. The highest BCUT2D eigenvalue weighted by atomic mass is 35.5. The van der Waals surface area contributed by atoms with Gasteiger partial charge in [-0.3, -0.25) is 19.2 Å². The van der Waals surface area contributed by atoms with Gasteiger partial charge in [-0.25, -0.2) is 0 Å². The van der Waals surface area contributed by atoms with Crippen LogP contribution >= 0.6 is 23.2 Å². The third-order valence-electron chi connectivity index (χ3n) is 8.38. The van der Waals surface area contributed by atoms with Crippen LogP contribution in [0, 0.1) is 17.8 Å². The van der Waals surface area contributed by atoms with E-state index >= 15 is 0 Å². The topological polar surface area (TPSA) is 121 Å². The number of fused-ring (bicyclic) bond motifs is 2. The number of carbonyl (C=O) groups is 4. The number of likely N-dealkylation sites (tertiary alicyclic amines) is 1. The predicted octanol–water partition coefficient (Wildman–Crippen LogP) is 3.71. The van der Waals surface area contributed by atoms with Crippen LogP contribution in [0.1, 0.15) is 55.9 Å². The number of ketones is 1. The van der Waals surface area contributed by atoms with E-state index in [2.05, 4.69) is 15.6 Å². The molecule has 1 aromatic carbocycles. The summed E-state index contributed by atoms with van der Waals surface area (Å²) in [6.45, 7) is 2.78. The molecule has 9 nitrogen and oxygen atoms in total. The summed E-state index contributed by atoms with van der Waals surface area (Å²) in [5, 5.41) is 6.93. The number of methoxy groups -OCH3 is 1. The molecule has 3 fully saturated rings. The average molecular weight is 563 g/mol. The number of benzene rings is 1. The molecule has 11 heteroatoms. The van der Waals surface area contributed by atoms with Crippen LogP contribution < -0.4 is 15.4 Å². The molecule has 2 aliphatic heterocycles. The molecule has 3 N–H and O–H groups in total. The number of hydrogen-bond acceptors (Lipinski definition) is 5. The third-order valence-corrected chi connectivity index (χ3v) is 9.16. The predicted molar refractivity (Wildman–Crippen MR) is 143 cm³/mol. The van der Waals surface area contributed by atoms with E-state index in [1.54, 1.807) is 24.0 Å². The number of rotatable bonds is 8. The molecule has 5 unspecified atom stereocenters. The summed E-state index contributed by atoms with van der Waals surface area (Å²) in [7, 11) is 1.51. The fourth-order valence-electron chi connectivity index (χ4n) is 6.42. The third kappa shape index (κ3) is 4.75. The van der Waals surface area contributed by atoms with Crippen molar-refractivity contribution < 1.29 is 23.9 Å². The van der Waals surface area contributed by atoms with Crippen LogP contribution in [0.3, 0.4) is 0 Å². The Bertz CT molecular complexity index is 1290. The normalized spacial score (nSPS) is 25.4. The molecule has 3 aliphatic rings. The van der Waals surface area contributed by atoms with Crippen molar-refractivity contribution in [3.8, 4) is 5.75 Å². The van der Waals surface area contributed by atoms with Gasteiger partial charge in [-0.05, 0) is 43.6 Å². The molecule has 38 heavy (non-hydrogen) atoms. The Morgan fingerprint density at radius 1 is 1.21 bits per heavy atom. The van der Waals surface area contributed by atoms with Gasteiger partial charge in [0.05, 0.1) is 28.7 Å². The van der Waals surface area contributed by atoms with Crippen LogP contribution in [0.2, 0.25) is 10.0 Å². The molecule has 3 amide bonds. The maximum absolute atomic E-state index is 13.8. The van der Waals surface area contributed by atoms with Gasteiger partial charge in [0.1, 0.15) is 17.5 Å². The van der Waals surface area contributed by atoms with E-state index in [4.69, 9.17) is 27.9 Å². The zero-order chi connectivity index (χ0) is 27.1. The molecule has 1 aliphatic carbocycles. The molecule has 0 bridgehead atoms. The van der Waals surface area contributed by atoms with Gasteiger partial charge >= 0.3 is 0 Å². The Balaban J connectivity index is 1.42. The SMILES string of the molecule is CCC(=O)C(CC1CCNC1=O)NC(=O)C1C2CCCC2CN1C(=O)c1cc2c(OC)cc(Cl)c(Cl)c2[nH]1. The standard InChI is InChI=1S/C27H32Cl2N4O5/c1-3-20(34)18(9-13-7-8-30-25(13)35)32-26(36)24-15-6-4-5-14(15)12-33(24)27(37)19-10-16-21(38-2)11-17(28)22(29)23(16)31-19/h10-11,13-15,18,24,31H,3-9,12H2,1-2H3,(H,30,35)(H,32,36). The van der Waals surface area contributed by atoms with Crippen molar-refractivity contribution in [2.45, 2.75) is 57.5 Å². The fraction of sp³-hybridized carbons (Fsp3) is 0.556. The second kappa shape index (κ2) is 10.8. The molecular formula is C27H32Cl2N4O5. The van der Waals surface area contributed by atoms with Gasteiger partial charge < -0.3 is 25.3 Å². The minimum Gasteiger partial charge on any atom is -0.496 e. The maximum Gasteiger partial charge on any atom is 0.271 e. The van der Waals surface area contributed by atoms with Crippen molar-refractivity contribution in [1.29, 1.82) is 0 Å². The van der Waals surface area contributed by atoms with Crippen LogP contribution in [0.4, 0.5) is 0 Å². The maximum atomic E-state index is 13.8.